The van der Waals surface area contributed by atoms with Crippen molar-refractivity contribution in [1.29, 1.82) is 0 Å². The van der Waals surface area contributed by atoms with E-state index in [9.17, 15) is 19.5 Å². The topological polar surface area (TPSA) is 105 Å². The summed E-state index contributed by atoms with van der Waals surface area (Å²) in [5, 5.41) is 14.8. The third-order valence-electron chi connectivity index (χ3n) is 7.54. The van der Waals surface area contributed by atoms with E-state index in [1.165, 1.54) is 11.1 Å². The minimum atomic E-state index is -1.02. The highest BCUT2D eigenvalue weighted by atomic mass is 16.5. The first-order valence-electron chi connectivity index (χ1n) is 11.6. The number of carboxylic acids is 1. The minimum absolute atomic E-state index is 0.000697. The molecule has 0 aliphatic heterocycles. The molecular weight excluding hydrogens is 420 g/mol. The standard InChI is InChI=1S/C26H28N2O5/c1-2-22(23(29)30)28-24(31)26-12-15(26)11-16(13-26)27-25(32)33-14-21-19-9-5-3-7-17(19)18-8-4-6-10-20(18)21/h3-10,15-16,21-22H,2,11-14H2,1H3,(H,27,32)(H,28,31)(H,29,30)/t15-,16+,22+,26+/m1/s1. The molecular formula is C26H28N2O5. The van der Waals surface area contributed by atoms with Gasteiger partial charge >= 0.3 is 12.1 Å². The first-order valence-corrected chi connectivity index (χ1v) is 11.6. The molecule has 5 rings (SSSR count). The Morgan fingerprint density at radius 2 is 1.70 bits per heavy atom. The number of alkyl carbamates (subject to hydrolysis) is 1. The highest BCUT2D eigenvalue weighted by Gasteiger charge is 2.65. The summed E-state index contributed by atoms with van der Waals surface area (Å²) in [7, 11) is 0. The van der Waals surface area contributed by atoms with Crippen LogP contribution in [0.5, 0.6) is 0 Å². The zero-order valence-corrected chi connectivity index (χ0v) is 18.5. The van der Waals surface area contributed by atoms with Crippen LogP contribution in [0.1, 0.15) is 49.7 Å². The highest BCUT2D eigenvalue weighted by Crippen LogP contribution is 2.63. The second-order valence-electron chi connectivity index (χ2n) is 9.44. The number of carbonyl (C=O) groups is 3. The number of benzene rings is 2. The van der Waals surface area contributed by atoms with E-state index in [1.807, 2.05) is 24.3 Å². The van der Waals surface area contributed by atoms with Crippen LogP contribution >= 0.6 is 0 Å². The minimum Gasteiger partial charge on any atom is -0.480 e. The van der Waals surface area contributed by atoms with Crippen LogP contribution < -0.4 is 10.6 Å². The highest BCUT2D eigenvalue weighted by molar-refractivity contribution is 5.90. The van der Waals surface area contributed by atoms with E-state index < -0.39 is 23.5 Å². The molecule has 3 N–H and O–H groups in total. The fraction of sp³-hybridized carbons (Fsp3) is 0.423. The van der Waals surface area contributed by atoms with Gasteiger partial charge in [0.15, 0.2) is 0 Å². The molecule has 0 unspecified atom stereocenters. The van der Waals surface area contributed by atoms with Gasteiger partial charge in [0.25, 0.3) is 0 Å². The third-order valence-corrected chi connectivity index (χ3v) is 7.54. The Kier molecular flexibility index (Phi) is 5.35. The molecule has 7 heteroatoms. The molecule has 0 spiro atoms. The van der Waals surface area contributed by atoms with Crippen LogP contribution in [0.15, 0.2) is 48.5 Å². The lowest BCUT2D eigenvalue weighted by atomic mass is 9.98. The van der Waals surface area contributed by atoms with Crippen LogP contribution in [-0.2, 0) is 14.3 Å². The molecule has 0 radical (unpaired) electrons. The van der Waals surface area contributed by atoms with E-state index in [1.54, 1.807) is 6.92 Å². The molecule has 3 aliphatic carbocycles. The number of carbonyl (C=O) groups excluding carboxylic acids is 2. The predicted molar refractivity (Wildman–Crippen MR) is 122 cm³/mol. The van der Waals surface area contributed by atoms with Crippen molar-refractivity contribution in [2.24, 2.45) is 11.3 Å². The molecule has 2 fully saturated rings. The average molecular weight is 449 g/mol. The number of fused-ring (bicyclic) bond motifs is 4. The summed E-state index contributed by atoms with van der Waals surface area (Å²) in [6, 6.07) is 15.4. The van der Waals surface area contributed by atoms with Crippen LogP contribution in [0.4, 0.5) is 4.79 Å². The second kappa shape index (κ2) is 8.21. The van der Waals surface area contributed by atoms with E-state index in [-0.39, 0.29) is 30.4 Å². The largest absolute Gasteiger partial charge is 0.480 e. The maximum Gasteiger partial charge on any atom is 0.407 e. The fourth-order valence-corrected chi connectivity index (χ4v) is 5.73. The number of rotatable bonds is 7. The molecule has 2 aromatic carbocycles. The Hall–Kier alpha value is -3.35. The number of ether oxygens (including phenoxy) is 1. The number of carboxylic acid groups (broad SMARTS) is 1. The van der Waals surface area contributed by atoms with Gasteiger partial charge in [0.2, 0.25) is 5.91 Å². The zero-order valence-electron chi connectivity index (χ0n) is 18.5. The lowest BCUT2D eigenvalue weighted by molar-refractivity contribution is -0.142. The summed E-state index contributed by atoms with van der Waals surface area (Å²) in [6.07, 6.45) is 1.84. The molecule has 0 bridgehead atoms. The molecule has 0 heterocycles. The van der Waals surface area contributed by atoms with Gasteiger partial charge in [-0.05, 0) is 53.9 Å². The molecule has 7 nitrogen and oxygen atoms in total. The van der Waals surface area contributed by atoms with E-state index >= 15 is 0 Å². The first-order chi connectivity index (χ1) is 15.9. The van der Waals surface area contributed by atoms with Crippen molar-refractivity contribution in [3.63, 3.8) is 0 Å². The van der Waals surface area contributed by atoms with Crippen molar-refractivity contribution >= 4 is 18.0 Å². The van der Waals surface area contributed by atoms with Gasteiger partial charge in [-0.3, -0.25) is 4.79 Å². The Balaban J connectivity index is 1.17. The van der Waals surface area contributed by atoms with Gasteiger partial charge in [0.05, 0.1) is 5.41 Å². The SMILES string of the molecule is CC[C@H](NC(=O)[C@@]12C[C@@H](NC(=O)OCC3c4ccccc4-c4ccccc43)C[C@@H]1C2)C(=O)O. The zero-order chi connectivity index (χ0) is 23.2. The normalized spacial score (nSPS) is 25.4. The maximum absolute atomic E-state index is 12.7. The van der Waals surface area contributed by atoms with E-state index in [0.29, 0.717) is 19.3 Å². The van der Waals surface area contributed by atoms with Gasteiger partial charge in [-0.1, -0.05) is 55.5 Å². The first kappa shape index (κ1) is 21.5. The Morgan fingerprint density at radius 1 is 1.06 bits per heavy atom. The van der Waals surface area contributed by atoms with Crippen molar-refractivity contribution < 1.29 is 24.2 Å². The van der Waals surface area contributed by atoms with E-state index in [4.69, 9.17) is 4.74 Å². The van der Waals surface area contributed by atoms with Crippen LogP contribution in [0, 0.1) is 11.3 Å². The second-order valence-corrected chi connectivity index (χ2v) is 9.44. The van der Waals surface area contributed by atoms with Crippen molar-refractivity contribution in [2.45, 2.75) is 50.6 Å². The monoisotopic (exact) mass is 448 g/mol. The van der Waals surface area contributed by atoms with E-state index in [2.05, 4.69) is 34.9 Å². The lowest BCUT2D eigenvalue weighted by Gasteiger charge is -2.20. The molecule has 33 heavy (non-hydrogen) atoms. The average Bonchev–Trinajstić information content (AvgIpc) is 3.24. The Labute approximate surface area is 192 Å². The number of hydrogen-bond acceptors (Lipinski definition) is 4. The van der Waals surface area contributed by atoms with Gasteiger partial charge in [-0.25, -0.2) is 9.59 Å². The molecule has 0 aromatic heterocycles. The van der Waals surface area contributed by atoms with Gasteiger partial charge < -0.3 is 20.5 Å². The summed E-state index contributed by atoms with van der Waals surface area (Å²) in [5.74, 6) is -1.05. The summed E-state index contributed by atoms with van der Waals surface area (Å²) in [4.78, 5) is 36.6. The number of aliphatic carboxylic acids is 1. The maximum atomic E-state index is 12.7. The summed E-state index contributed by atoms with van der Waals surface area (Å²) in [6.45, 7) is 1.98. The predicted octanol–water partition coefficient (Wildman–Crippen LogP) is 3.67. The molecule has 172 valence electrons. The summed E-state index contributed by atoms with van der Waals surface area (Å²) < 4.78 is 5.63. The number of hydrogen-bond donors (Lipinski definition) is 3. The Morgan fingerprint density at radius 3 is 2.30 bits per heavy atom. The van der Waals surface area contributed by atoms with Gasteiger partial charge in [0, 0.05) is 12.0 Å². The summed E-state index contributed by atoms with van der Waals surface area (Å²) >= 11 is 0. The quantitative estimate of drug-likeness (QED) is 0.599. The van der Waals surface area contributed by atoms with Crippen molar-refractivity contribution in [1.82, 2.24) is 10.6 Å². The van der Waals surface area contributed by atoms with Crippen molar-refractivity contribution in [3.05, 3.63) is 59.7 Å². The summed E-state index contributed by atoms with van der Waals surface area (Å²) in [5.41, 5.74) is 4.13. The van der Waals surface area contributed by atoms with Crippen molar-refractivity contribution in [2.75, 3.05) is 6.61 Å². The third kappa shape index (κ3) is 3.75. The van der Waals surface area contributed by atoms with Crippen LogP contribution in [0.2, 0.25) is 0 Å². The molecule has 3 aliphatic rings. The van der Waals surface area contributed by atoms with Gasteiger partial charge in [-0.2, -0.15) is 0 Å². The Bertz CT molecular complexity index is 1070. The molecule has 2 aromatic rings. The number of amides is 2. The van der Waals surface area contributed by atoms with Crippen LogP contribution in [0.25, 0.3) is 11.1 Å². The lowest BCUT2D eigenvalue weighted by Crippen LogP contribution is -2.45. The van der Waals surface area contributed by atoms with Crippen molar-refractivity contribution in [3.8, 4) is 11.1 Å². The molecule has 0 saturated heterocycles. The van der Waals surface area contributed by atoms with Crippen LogP contribution in [0.3, 0.4) is 0 Å². The smallest absolute Gasteiger partial charge is 0.407 e. The molecule has 2 saturated carbocycles. The molecule has 2 amide bonds. The van der Waals surface area contributed by atoms with Gasteiger partial charge in [0.1, 0.15) is 12.6 Å². The molecule has 4 atom stereocenters. The number of nitrogens with one attached hydrogen (secondary N) is 2. The van der Waals surface area contributed by atoms with E-state index in [0.717, 1.165) is 17.5 Å². The van der Waals surface area contributed by atoms with Crippen LogP contribution in [-0.4, -0.2) is 41.8 Å². The fourth-order valence-electron chi connectivity index (χ4n) is 5.73. The van der Waals surface area contributed by atoms with Gasteiger partial charge in [-0.15, -0.1) is 0 Å².